The summed E-state index contributed by atoms with van der Waals surface area (Å²) in [5, 5.41) is 2.90. The van der Waals surface area contributed by atoms with Crippen LogP contribution >= 0.6 is 34.8 Å². The maximum atomic E-state index is 12.5. The zero-order valence-electron chi connectivity index (χ0n) is 10.3. The molecule has 0 saturated carbocycles. The quantitative estimate of drug-likeness (QED) is 0.614. The van der Waals surface area contributed by atoms with Crippen LogP contribution in [-0.2, 0) is 9.53 Å². The van der Waals surface area contributed by atoms with Gasteiger partial charge in [-0.2, -0.15) is 0 Å². The Morgan fingerprint density at radius 3 is 2.42 bits per heavy atom. The Hall–Kier alpha value is -0.730. The topological polar surface area (TPSA) is 64.4 Å². The van der Waals surface area contributed by atoms with Crippen LogP contribution in [0, 0.1) is 8.99 Å². The van der Waals surface area contributed by atoms with Crippen LogP contribution in [0.2, 0.25) is 0 Å². The van der Waals surface area contributed by atoms with E-state index < -0.39 is 5.41 Å². The van der Waals surface area contributed by atoms with Crippen LogP contribution < -0.4 is 11.1 Å². The second kappa shape index (κ2) is 6.15. The van der Waals surface area contributed by atoms with E-state index in [1.54, 1.807) is 0 Å². The molecule has 4 nitrogen and oxygen atoms in total. The summed E-state index contributed by atoms with van der Waals surface area (Å²) < 4.78 is 6.41. The summed E-state index contributed by atoms with van der Waals surface area (Å²) in [6, 6.07) is 7.61. The van der Waals surface area contributed by atoms with E-state index in [0.29, 0.717) is 26.1 Å². The van der Waals surface area contributed by atoms with Crippen molar-refractivity contribution in [2.24, 2.45) is 11.1 Å². The normalized spacial score (nSPS) is 17.7. The molecule has 1 amide bonds. The number of amides is 1. The maximum Gasteiger partial charge on any atom is 0.237 e. The SMILES string of the molecule is NC(=S)C1(C(=O)Nc2ccc(I)cc2)CCOCC1. The predicted octanol–water partition coefficient (Wildman–Crippen LogP) is 2.31. The van der Waals surface area contributed by atoms with Crippen molar-refractivity contribution >= 4 is 51.4 Å². The van der Waals surface area contributed by atoms with Gasteiger partial charge in [0.2, 0.25) is 5.91 Å². The predicted molar refractivity (Wildman–Crippen MR) is 87.1 cm³/mol. The summed E-state index contributed by atoms with van der Waals surface area (Å²) in [5.41, 5.74) is 5.77. The number of anilines is 1. The zero-order chi connectivity index (χ0) is 13.9. The van der Waals surface area contributed by atoms with Crippen LogP contribution in [0.25, 0.3) is 0 Å². The first kappa shape index (κ1) is 14.7. The number of hydrogen-bond donors (Lipinski definition) is 2. The highest BCUT2D eigenvalue weighted by atomic mass is 127. The zero-order valence-corrected chi connectivity index (χ0v) is 13.3. The van der Waals surface area contributed by atoms with Crippen molar-refractivity contribution in [3.05, 3.63) is 27.8 Å². The van der Waals surface area contributed by atoms with E-state index in [1.165, 1.54) is 0 Å². The second-order valence-electron chi connectivity index (χ2n) is 4.52. The minimum atomic E-state index is -0.781. The number of carbonyl (C=O) groups is 1. The van der Waals surface area contributed by atoms with Gasteiger partial charge in [-0.25, -0.2) is 0 Å². The number of hydrogen-bond acceptors (Lipinski definition) is 3. The van der Waals surface area contributed by atoms with Crippen molar-refractivity contribution in [1.82, 2.24) is 0 Å². The molecule has 0 aliphatic carbocycles. The molecule has 0 bridgehead atoms. The maximum absolute atomic E-state index is 12.5. The number of halogens is 1. The largest absolute Gasteiger partial charge is 0.392 e. The van der Waals surface area contributed by atoms with Crippen molar-refractivity contribution in [3.8, 4) is 0 Å². The lowest BCUT2D eigenvalue weighted by Crippen LogP contribution is -2.49. The highest BCUT2D eigenvalue weighted by molar-refractivity contribution is 14.1. The van der Waals surface area contributed by atoms with Crippen LogP contribution in [-0.4, -0.2) is 24.1 Å². The molecule has 1 aliphatic heterocycles. The van der Waals surface area contributed by atoms with E-state index >= 15 is 0 Å². The van der Waals surface area contributed by atoms with Crippen LogP contribution in [0.1, 0.15) is 12.8 Å². The monoisotopic (exact) mass is 390 g/mol. The second-order valence-corrected chi connectivity index (χ2v) is 6.21. The van der Waals surface area contributed by atoms with E-state index in [2.05, 4.69) is 27.9 Å². The van der Waals surface area contributed by atoms with E-state index in [9.17, 15) is 4.79 Å². The molecular weight excluding hydrogens is 375 g/mol. The molecule has 1 aliphatic rings. The number of ether oxygens (including phenoxy) is 1. The number of rotatable bonds is 3. The Morgan fingerprint density at radius 2 is 1.89 bits per heavy atom. The van der Waals surface area contributed by atoms with Crippen molar-refractivity contribution in [2.75, 3.05) is 18.5 Å². The third kappa shape index (κ3) is 3.24. The summed E-state index contributed by atoms with van der Waals surface area (Å²) in [6.45, 7) is 1.02. The fourth-order valence-corrected chi connectivity index (χ4v) is 2.75. The van der Waals surface area contributed by atoms with Crippen LogP contribution in [0.15, 0.2) is 24.3 Å². The molecule has 3 N–H and O–H groups in total. The van der Waals surface area contributed by atoms with Crippen LogP contribution in [0.3, 0.4) is 0 Å². The van der Waals surface area contributed by atoms with Crippen molar-refractivity contribution < 1.29 is 9.53 Å². The van der Waals surface area contributed by atoms with E-state index in [4.69, 9.17) is 22.7 Å². The Labute approximate surface area is 131 Å². The first-order valence-electron chi connectivity index (χ1n) is 5.99. The average Bonchev–Trinajstić information content (AvgIpc) is 2.42. The van der Waals surface area contributed by atoms with Gasteiger partial charge in [-0.3, -0.25) is 4.79 Å². The summed E-state index contributed by atoms with van der Waals surface area (Å²) >= 11 is 7.32. The van der Waals surface area contributed by atoms with Gasteiger partial charge in [0.05, 0.1) is 4.99 Å². The lowest BCUT2D eigenvalue weighted by Gasteiger charge is -2.34. The van der Waals surface area contributed by atoms with Gasteiger partial charge >= 0.3 is 0 Å². The molecule has 1 heterocycles. The third-order valence-electron chi connectivity index (χ3n) is 3.35. The first-order chi connectivity index (χ1) is 9.04. The summed E-state index contributed by atoms with van der Waals surface area (Å²) in [5.74, 6) is -0.135. The fourth-order valence-electron chi connectivity index (χ4n) is 2.09. The fraction of sp³-hybridized carbons (Fsp3) is 0.385. The van der Waals surface area contributed by atoms with Gasteiger partial charge in [-0.1, -0.05) is 12.2 Å². The molecule has 1 fully saturated rings. The van der Waals surface area contributed by atoms with Gasteiger partial charge in [0.25, 0.3) is 0 Å². The van der Waals surface area contributed by atoms with Gasteiger partial charge in [-0.05, 0) is 59.7 Å². The molecular formula is C13H15IN2O2S. The Morgan fingerprint density at radius 1 is 1.32 bits per heavy atom. The number of carbonyl (C=O) groups excluding carboxylic acids is 1. The molecule has 1 saturated heterocycles. The van der Waals surface area contributed by atoms with E-state index in [0.717, 1.165) is 9.26 Å². The Bertz CT molecular complexity index is 484. The molecule has 0 unspecified atom stereocenters. The van der Waals surface area contributed by atoms with Crippen LogP contribution in [0.4, 0.5) is 5.69 Å². The summed E-state index contributed by atoms with van der Waals surface area (Å²) in [7, 11) is 0. The number of benzene rings is 1. The molecule has 0 spiro atoms. The Kier molecular flexibility index (Phi) is 4.75. The first-order valence-corrected chi connectivity index (χ1v) is 7.48. The minimum absolute atomic E-state index is 0.135. The molecule has 1 aromatic carbocycles. The molecule has 2 rings (SSSR count). The summed E-state index contributed by atoms with van der Waals surface area (Å²) in [4.78, 5) is 12.7. The minimum Gasteiger partial charge on any atom is -0.392 e. The standard InChI is InChI=1S/C13H15IN2O2S/c14-9-1-3-10(4-2-9)16-12(17)13(11(15)19)5-7-18-8-6-13/h1-4H,5-8H2,(H2,15,19)(H,16,17). The van der Waals surface area contributed by atoms with E-state index in [-0.39, 0.29) is 10.9 Å². The van der Waals surface area contributed by atoms with Crippen molar-refractivity contribution in [2.45, 2.75) is 12.8 Å². The lowest BCUT2D eigenvalue weighted by atomic mass is 9.79. The average molecular weight is 390 g/mol. The molecule has 6 heteroatoms. The van der Waals surface area contributed by atoms with Gasteiger partial charge in [-0.15, -0.1) is 0 Å². The molecule has 102 valence electrons. The molecule has 0 aromatic heterocycles. The van der Waals surface area contributed by atoms with Gasteiger partial charge in [0.15, 0.2) is 0 Å². The lowest BCUT2D eigenvalue weighted by molar-refractivity contribution is -0.126. The number of thiocarbonyl (C=S) groups is 1. The third-order valence-corrected chi connectivity index (χ3v) is 4.46. The van der Waals surface area contributed by atoms with Crippen LogP contribution in [0.5, 0.6) is 0 Å². The molecule has 1 aromatic rings. The molecule has 0 atom stereocenters. The summed E-state index contributed by atoms with van der Waals surface area (Å²) in [6.07, 6.45) is 1.08. The Balaban J connectivity index is 2.16. The van der Waals surface area contributed by atoms with Gasteiger partial charge in [0.1, 0.15) is 5.41 Å². The molecule has 0 radical (unpaired) electrons. The highest BCUT2D eigenvalue weighted by Gasteiger charge is 2.42. The number of nitrogens with two attached hydrogens (primary N) is 1. The molecule has 19 heavy (non-hydrogen) atoms. The number of nitrogens with one attached hydrogen (secondary N) is 1. The van der Waals surface area contributed by atoms with E-state index in [1.807, 2.05) is 24.3 Å². The van der Waals surface area contributed by atoms with Crippen molar-refractivity contribution in [1.29, 1.82) is 0 Å². The van der Waals surface area contributed by atoms with Gasteiger partial charge < -0.3 is 15.8 Å². The van der Waals surface area contributed by atoms with Gasteiger partial charge in [0, 0.05) is 22.5 Å². The highest BCUT2D eigenvalue weighted by Crippen LogP contribution is 2.32. The van der Waals surface area contributed by atoms with Crippen molar-refractivity contribution in [3.63, 3.8) is 0 Å². The smallest absolute Gasteiger partial charge is 0.237 e.